The summed E-state index contributed by atoms with van der Waals surface area (Å²) < 4.78 is 1.93. The van der Waals surface area contributed by atoms with Crippen molar-refractivity contribution >= 4 is 34.5 Å². The van der Waals surface area contributed by atoms with Crippen LogP contribution in [0.2, 0.25) is 5.02 Å². The molecule has 0 fully saturated rings. The van der Waals surface area contributed by atoms with Crippen LogP contribution in [0.5, 0.6) is 5.75 Å². The molecule has 0 unspecified atom stereocenters. The number of imidazole rings is 1. The second kappa shape index (κ2) is 8.20. The fraction of sp³-hybridized carbons (Fsp3) is 0.421. The molecular weight excluding hydrogens is 380 g/mol. The van der Waals surface area contributed by atoms with E-state index in [1.165, 1.54) is 0 Å². The number of nitrogens with zero attached hydrogens (tertiary/aromatic N) is 4. The van der Waals surface area contributed by atoms with Crippen LogP contribution in [0.3, 0.4) is 0 Å². The Hall–Kier alpha value is -2.58. The van der Waals surface area contributed by atoms with Crippen molar-refractivity contribution in [3.05, 3.63) is 35.1 Å². The van der Waals surface area contributed by atoms with E-state index >= 15 is 0 Å². The number of benzene rings is 1. The number of phenolic OH excluding ortho intramolecular Hbond substituents is 1. The van der Waals surface area contributed by atoms with Gasteiger partial charge >= 0.3 is 0 Å². The molecule has 0 spiro atoms. The minimum atomic E-state index is -0.770. The molecule has 0 aliphatic heterocycles. The first-order valence-electron chi connectivity index (χ1n) is 9.17. The van der Waals surface area contributed by atoms with E-state index in [0.29, 0.717) is 53.0 Å². The van der Waals surface area contributed by atoms with Gasteiger partial charge in [0.2, 0.25) is 5.95 Å². The van der Waals surface area contributed by atoms with Crippen LogP contribution >= 0.6 is 11.6 Å². The zero-order valence-electron chi connectivity index (χ0n) is 16.2. The Morgan fingerprint density at radius 1 is 1.21 bits per heavy atom. The third-order valence-electron chi connectivity index (χ3n) is 4.31. The van der Waals surface area contributed by atoms with E-state index in [0.717, 1.165) is 6.54 Å². The van der Waals surface area contributed by atoms with Crippen LogP contribution in [0.1, 0.15) is 32.8 Å². The molecule has 9 heteroatoms. The molecule has 0 radical (unpaired) electrons. The second-order valence-corrected chi connectivity index (χ2v) is 7.65. The number of nitrogens with one attached hydrogen (secondary N) is 2. The van der Waals surface area contributed by atoms with E-state index in [2.05, 4.69) is 25.6 Å². The Bertz CT molecular complexity index is 967. The molecule has 3 rings (SSSR count). The van der Waals surface area contributed by atoms with Gasteiger partial charge < -0.3 is 25.4 Å². The average Bonchev–Trinajstić information content (AvgIpc) is 3.04. The first kappa shape index (κ1) is 20.2. The van der Waals surface area contributed by atoms with Crippen LogP contribution in [-0.2, 0) is 13.1 Å². The highest BCUT2D eigenvalue weighted by Gasteiger charge is 2.15. The molecule has 0 bridgehead atoms. The van der Waals surface area contributed by atoms with Crippen molar-refractivity contribution in [1.82, 2.24) is 19.5 Å². The largest absolute Gasteiger partial charge is 0.508 e. The fourth-order valence-corrected chi connectivity index (χ4v) is 2.93. The molecule has 0 saturated heterocycles. The van der Waals surface area contributed by atoms with E-state index in [1.807, 2.05) is 11.5 Å². The first-order chi connectivity index (χ1) is 13.3. The Morgan fingerprint density at radius 2 is 2.00 bits per heavy atom. The third-order valence-corrected chi connectivity index (χ3v) is 4.55. The number of anilines is 2. The number of hydrogen-bond acceptors (Lipinski definition) is 7. The van der Waals surface area contributed by atoms with Crippen LogP contribution in [0, 0.1) is 0 Å². The summed E-state index contributed by atoms with van der Waals surface area (Å²) in [6.45, 7) is 7.13. The molecule has 2 aromatic heterocycles. The molecule has 4 N–H and O–H groups in total. The molecular formula is C19H25ClN6O2. The van der Waals surface area contributed by atoms with Crippen LogP contribution in [0.4, 0.5) is 11.8 Å². The highest BCUT2D eigenvalue weighted by Crippen LogP contribution is 2.25. The monoisotopic (exact) mass is 404 g/mol. The van der Waals surface area contributed by atoms with Crippen molar-refractivity contribution in [2.45, 2.75) is 45.9 Å². The molecule has 2 heterocycles. The maximum atomic E-state index is 10.0. The van der Waals surface area contributed by atoms with Gasteiger partial charge in [0.05, 0.1) is 11.9 Å². The van der Waals surface area contributed by atoms with Crippen LogP contribution < -0.4 is 10.6 Å². The van der Waals surface area contributed by atoms with E-state index in [9.17, 15) is 10.2 Å². The molecule has 8 nitrogen and oxygen atoms in total. The van der Waals surface area contributed by atoms with Gasteiger partial charge in [0.1, 0.15) is 5.75 Å². The molecule has 0 atom stereocenters. The molecule has 3 aromatic rings. The minimum Gasteiger partial charge on any atom is -0.508 e. The van der Waals surface area contributed by atoms with Crippen LogP contribution in [-0.4, -0.2) is 41.9 Å². The number of aryl methyl sites for hydroxylation is 1. The number of hydrogen-bond donors (Lipinski definition) is 4. The maximum absolute atomic E-state index is 10.0. The zero-order valence-corrected chi connectivity index (χ0v) is 17.0. The summed E-state index contributed by atoms with van der Waals surface area (Å²) in [6.07, 6.45) is 2.28. The summed E-state index contributed by atoms with van der Waals surface area (Å²) >= 11 is 6.02. The highest BCUT2D eigenvalue weighted by atomic mass is 35.5. The summed E-state index contributed by atoms with van der Waals surface area (Å²) in [5, 5.41) is 26.8. The topological polar surface area (TPSA) is 108 Å². The van der Waals surface area contributed by atoms with Crippen molar-refractivity contribution < 1.29 is 10.2 Å². The maximum Gasteiger partial charge on any atom is 0.226 e. The average molecular weight is 405 g/mol. The van der Waals surface area contributed by atoms with Gasteiger partial charge in [0.15, 0.2) is 17.0 Å². The summed E-state index contributed by atoms with van der Waals surface area (Å²) in [5.74, 6) is 1.16. The number of aromatic hydroxyl groups is 1. The lowest BCUT2D eigenvalue weighted by atomic mass is 10.1. The molecule has 150 valence electrons. The zero-order chi connectivity index (χ0) is 20.3. The second-order valence-electron chi connectivity index (χ2n) is 7.21. The van der Waals surface area contributed by atoms with Gasteiger partial charge in [-0.3, -0.25) is 0 Å². The van der Waals surface area contributed by atoms with Crippen molar-refractivity contribution in [3.63, 3.8) is 0 Å². The standard InChI is InChI=1S/C19H25ClN6O2/c1-4-26-11-23-15-16(22-10-12-9-13(20)5-6-14(12)27)24-18(25-17(15)26)21-8-7-19(2,3)28/h5-6,9,11,27-28H,4,7-8,10H2,1-3H3,(H2,21,22,24,25). The Labute approximate surface area is 168 Å². The summed E-state index contributed by atoms with van der Waals surface area (Å²) in [7, 11) is 0. The van der Waals surface area contributed by atoms with Crippen molar-refractivity contribution in [3.8, 4) is 5.75 Å². The summed E-state index contributed by atoms with van der Waals surface area (Å²) in [5.41, 5.74) is 1.25. The first-order valence-corrected chi connectivity index (χ1v) is 9.55. The van der Waals surface area contributed by atoms with E-state index in [4.69, 9.17) is 11.6 Å². The fourth-order valence-electron chi connectivity index (χ4n) is 2.73. The number of fused-ring (bicyclic) bond motifs is 1. The molecule has 0 aliphatic rings. The summed E-state index contributed by atoms with van der Waals surface area (Å²) in [6, 6.07) is 4.90. The number of rotatable bonds is 8. The molecule has 1 aromatic carbocycles. The Morgan fingerprint density at radius 3 is 2.71 bits per heavy atom. The highest BCUT2D eigenvalue weighted by molar-refractivity contribution is 6.30. The lowest BCUT2D eigenvalue weighted by Crippen LogP contribution is -2.23. The van der Waals surface area contributed by atoms with E-state index < -0.39 is 5.60 Å². The van der Waals surface area contributed by atoms with Gasteiger partial charge in [-0.05, 0) is 45.4 Å². The number of aliphatic hydroxyl groups is 1. The number of phenols is 1. The van der Waals surface area contributed by atoms with Crippen LogP contribution in [0.15, 0.2) is 24.5 Å². The van der Waals surface area contributed by atoms with E-state index in [1.54, 1.807) is 38.4 Å². The quantitative estimate of drug-likeness (QED) is 0.455. The Kier molecular flexibility index (Phi) is 5.90. The van der Waals surface area contributed by atoms with Gasteiger partial charge in [-0.25, -0.2) is 4.98 Å². The molecule has 0 amide bonds. The van der Waals surface area contributed by atoms with Gasteiger partial charge in [-0.1, -0.05) is 11.6 Å². The van der Waals surface area contributed by atoms with Gasteiger partial charge in [0.25, 0.3) is 0 Å². The molecule has 28 heavy (non-hydrogen) atoms. The molecule has 0 saturated carbocycles. The van der Waals surface area contributed by atoms with Crippen molar-refractivity contribution in [2.75, 3.05) is 17.2 Å². The predicted molar refractivity (Wildman–Crippen MR) is 111 cm³/mol. The van der Waals surface area contributed by atoms with Gasteiger partial charge in [-0.15, -0.1) is 0 Å². The Balaban J connectivity index is 1.86. The van der Waals surface area contributed by atoms with Crippen LogP contribution in [0.25, 0.3) is 11.2 Å². The summed E-state index contributed by atoms with van der Waals surface area (Å²) in [4.78, 5) is 13.5. The number of halogens is 1. The lowest BCUT2D eigenvalue weighted by Gasteiger charge is -2.17. The molecule has 0 aliphatic carbocycles. The lowest BCUT2D eigenvalue weighted by molar-refractivity contribution is 0.0748. The predicted octanol–water partition coefficient (Wildman–Crippen LogP) is 3.39. The minimum absolute atomic E-state index is 0.157. The normalized spacial score (nSPS) is 11.8. The van der Waals surface area contributed by atoms with E-state index in [-0.39, 0.29) is 5.75 Å². The van der Waals surface area contributed by atoms with Gasteiger partial charge in [0, 0.05) is 30.2 Å². The van der Waals surface area contributed by atoms with Crippen molar-refractivity contribution in [1.29, 1.82) is 0 Å². The number of aromatic nitrogens is 4. The third kappa shape index (κ3) is 4.82. The SMILES string of the molecule is CCn1cnc2c(NCc3cc(Cl)ccc3O)nc(NCCC(C)(C)O)nc21. The smallest absolute Gasteiger partial charge is 0.226 e. The van der Waals surface area contributed by atoms with Crippen molar-refractivity contribution in [2.24, 2.45) is 0 Å². The van der Waals surface area contributed by atoms with Gasteiger partial charge in [-0.2, -0.15) is 9.97 Å².